The molecule has 0 bridgehead atoms. The van der Waals surface area contributed by atoms with Gasteiger partial charge >= 0.3 is 0 Å². The van der Waals surface area contributed by atoms with Gasteiger partial charge in [0.05, 0.1) is 0 Å². The molecule has 0 atom stereocenters. The van der Waals surface area contributed by atoms with E-state index in [1.54, 1.807) is 24.7 Å². The van der Waals surface area contributed by atoms with Crippen LogP contribution in [0.1, 0.15) is 18.7 Å². The first kappa shape index (κ1) is 18.4. The highest BCUT2D eigenvalue weighted by molar-refractivity contribution is 6.30. The van der Waals surface area contributed by atoms with Crippen molar-refractivity contribution in [2.24, 2.45) is 5.92 Å². The molecule has 0 spiro atoms. The highest BCUT2D eigenvalue weighted by Crippen LogP contribution is 2.24. The maximum absolute atomic E-state index is 12.5. The summed E-state index contributed by atoms with van der Waals surface area (Å²) in [5, 5.41) is 3.63. The standard InChI is InChI=1S/C20H21ClN6O/c1-14-22-8-11-27(14)19-12-18(23-13-24-19)26-9-6-15(7-10-26)20(28)25-17-4-2-16(21)3-5-17/h2-5,8,11-13,15H,6-7,9-10H2,1H3,(H,25,28). The molecule has 0 aliphatic carbocycles. The number of benzene rings is 1. The van der Waals surface area contributed by atoms with Crippen molar-refractivity contribution in [1.82, 2.24) is 19.5 Å². The molecule has 8 heteroatoms. The molecule has 7 nitrogen and oxygen atoms in total. The second kappa shape index (κ2) is 7.98. The topological polar surface area (TPSA) is 75.9 Å². The summed E-state index contributed by atoms with van der Waals surface area (Å²) in [7, 11) is 0. The number of nitrogens with one attached hydrogen (secondary N) is 1. The molecule has 3 aromatic rings. The number of piperidine rings is 1. The van der Waals surface area contributed by atoms with Gasteiger partial charge in [0.25, 0.3) is 0 Å². The van der Waals surface area contributed by atoms with Gasteiger partial charge in [-0.15, -0.1) is 0 Å². The minimum Gasteiger partial charge on any atom is -0.356 e. The van der Waals surface area contributed by atoms with Gasteiger partial charge in [0.2, 0.25) is 5.91 Å². The average Bonchev–Trinajstić information content (AvgIpc) is 3.16. The number of hydrogen-bond donors (Lipinski definition) is 1. The van der Waals surface area contributed by atoms with Gasteiger partial charge in [-0.2, -0.15) is 0 Å². The van der Waals surface area contributed by atoms with Crippen LogP contribution < -0.4 is 10.2 Å². The third-order valence-electron chi connectivity index (χ3n) is 5.01. The molecule has 2 aromatic heterocycles. The Hall–Kier alpha value is -2.93. The highest BCUT2D eigenvalue weighted by atomic mass is 35.5. The normalized spacial score (nSPS) is 14.9. The number of aryl methyl sites for hydroxylation is 1. The third-order valence-corrected chi connectivity index (χ3v) is 5.26. The number of imidazole rings is 1. The van der Waals surface area contributed by atoms with Gasteiger partial charge in [-0.3, -0.25) is 9.36 Å². The van der Waals surface area contributed by atoms with Gasteiger partial charge in [0, 0.05) is 48.2 Å². The summed E-state index contributed by atoms with van der Waals surface area (Å²) >= 11 is 5.89. The highest BCUT2D eigenvalue weighted by Gasteiger charge is 2.26. The number of amides is 1. The molecule has 0 unspecified atom stereocenters. The fourth-order valence-corrected chi connectivity index (χ4v) is 3.54. The zero-order valence-electron chi connectivity index (χ0n) is 15.5. The van der Waals surface area contributed by atoms with Crippen LogP contribution in [0.3, 0.4) is 0 Å². The number of halogens is 1. The molecule has 1 saturated heterocycles. The van der Waals surface area contributed by atoms with E-state index in [1.165, 1.54) is 0 Å². The number of nitrogens with zero attached hydrogens (tertiary/aromatic N) is 5. The third kappa shape index (κ3) is 3.99. The van der Waals surface area contributed by atoms with Crippen molar-refractivity contribution >= 4 is 29.0 Å². The van der Waals surface area contributed by atoms with E-state index in [0.29, 0.717) is 5.02 Å². The number of hydrogen-bond acceptors (Lipinski definition) is 5. The van der Waals surface area contributed by atoms with Crippen LogP contribution in [0.25, 0.3) is 5.82 Å². The van der Waals surface area contributed by atoms with Crippen molar-refractivity contribution in [3.63, 3.8) is 0 Å². The van der Waals surface area contributed by atoms with Crippen LogP contribution in [0.15, 0.2) is 49.1 Å². The summed E-state index contributed by atoms with van der Waals surface area (Å²) in [6.07, 6.45) is 6.77. The van der Waals surface area contributed by atoms with E-state index in [2.05, 4.69) is 25.2 Å². The molecule has 28 heavy (non-hydrogen) atoms. The van der Waals surface area contributed by atoms with Crippen LogP contribution in [0.4, 0.5) is 11.5 Å². The maximum Gasteiger partial charge on any atom is 0.227 e. The van der Waals surface area contributed by atoms with Crippen molar-refractivity contribution in [2.75, 3.05) is 23.3 Å². The monoisotopic (exact) mass is 396 g/mol. The number of rotatable bonds is 4. The number of carbonyl (C=O) groups excluding carboxylic acids is 1. The summed E-state index contributed by atoms with van der Waals surface area (Å²) in [4.78, 5) is 27.7. The maximum atomic E-state index is 12.5. The van der Waals surface area contributed by atoms with E-state index in [1.807, 2.05) is 35.9 Å². The van der Waals surface area contributed by atoms with Gasteiger partial charge in [-0.25, -0.2) is 15.0 Å². The Labute approximate surface area is 168 Å². The molecule has 4 rings (SSSR count). The van der Waals surface area contributed by atoms with Crippen molar-refractivity contribution in [3.8, 4) is 5.82 Å². The largest absolute Gasteiger partial charge is 0.356 e. The summed E-state index contributed by atoms with van der Waals surface area (Å²) in [5.74, 6) is 2.59. The minimum atomic E-state index is -0.0101. The zero-order valence-corrected chi connectivity index (χ0v) is 16.3. The fraction of sp³-hybridized carbons (Fsp3) is 0.300. The Kier molecular flexibility index (Phi) is 5.25. The van der Waals surface area contributed by atoms with Crippen LogP contribution >= 0.6 is 11.6 Å². The molecule has 1 fully saturated rings. The Morgan fingerprint density at radius 2 is 1.82 bits per heavy atom. The van der Waals surface area contributed by atoms with Gasteiger partial charge in [-0.1, -0.05) is 11.6 Å². The zero-order chi connectivity index (χ0) is 19.5. The molecule has 1 aliphatic heterocycles. The SMILES string of the molecule is Cc1nccn1-c1cc(N2CCC(C(=O)Nc3ccc(Cl)cc3)CC2)ncn1. The lowest BCUT2D eigenvalue weighted by Gasteiger charge is -2.32. The molecule has 1 aliphatic rings. The first-order chi connectivity index (χ1) is 13.6. The van der Waals surface area contributed by atoms with Crippen LogP contribution in [0.2, 0.25) is 5.02 Å². The predicted molar refractivity (Wildman–Crippen MR) is 109 cm³/mol. The molecular weight excluding hydrogens is 376 g/mol. The lowest BCUT2D eigenvalue weighted by molar-refractivity contribution is -0.120. The van der Waals surface area contributed by atoms with E-state index in [-0.39, 0.29) is 11.8 Å². The van der Waals surface area contributed by atoms with Gasteiger partial charge in [-0.05, 0) is 44.0 Å². The van der Waals surface area contributed by atoms with E-state index in [9.17, 15) is 4.79 Å². The molecule has 0 saturated carbocycles. The second-order valence-corrected chi connectivity index (χ2v) is 7.27. The lowest BCUT2D eigenvalue weighted by atomic mass is 9.96. The van der Waals surface area contributed by atoms with E-state index in [0.717, 1.165) is 49.1 Å². The molecule has 1 N–H and O–H groups in total. The average molecular weight is 397 g/mol. The molecular formula is C20H21ClN6O. The Bertz CT molecular complexity index is 963. The Balaban J connectivity index is 1.38. The smallest absolute Gasteiger partial charge is 0.227 e. The van der Waals surface area contributed by atoms with E-state index >= 15 is 0 Å². The van der Waals surface area contributed by atoms with Crippen molar-refractivity contribution in [1.29, 1.82) is 0 Å². The molecule has 144 valence electrons. The molecule has 0 radical (unpaired) electrons. The van der Waals surface area contributed by atoms with Crippen LogP contribution in [-0.4, -0.2) is 38.5 Å². The predicted octanol–water partition coefficient (Wildman–Crippen LogP) is 3.48. The van der Waals surface area contributed by atoms with E-state index in [4.69, 9.17) is 11.6 Å². The minimum absolute atomic E-state index is 0.0101. The van der Waals surface area contributed by atoms with Gasteiger partial charge in [0.1, 0.15) is 23.8 Å². The van der Waals surface area contributed by atoms with E-state index < -0.39 is 0 Å². The van der Waals surface area contributed by atoms with Gasteiger partial charge < -0.3 is 10.2 Å². The van der Waals surface area contributed by atoms with Crippen molar-refractivity contribution < 1.29 is 4.79 Å². The lowest BCUT2D eigenvalue weighted by Crippen LogP contribution is -2.38. The Morgan fingerprint density at radius 1 is 1.11 bits per heavy atom. The second-order valence-electron chi connectivity index (χ2n) is 6.84. The number of carbonyl (C=O) groups is 1. The van der Waals surface area contributed by atoms with Crippen LogP contribution in [0.5, 0.6) is 0 Å². The van der Waals surface area contributed by atoms with Gasteiger partial charge in [0.15, 0.2) is 0 Å². The van der Waals surface area contributed by atoms with Crippen molar-refractivity contribution in [2.45, 2.75) is 19.8 Å². The first-order valence-corrected chi connectivity index (χ1v) is 9.62. The summed E-state index contributed by atoms with van der Waals surface area (Å²) in [5.41, 5.74) is 0.771. The fourth-order valence-electron chi connectivity index (χ4n) is 3.41. The first-order valence-electron chi connectivity index (χ1n) is 9.24. The molecule has 1 amide bonds. The van der Waals surface area contributed by atoms with Crippen molar-refractivity contribution in [3.05, 3.63) is 59.9 Å². The van der Waals surface area contributed by atoms with Crippen LogP contribution in [-0.2, 0) is 4.79 Å². The Morgan fingerprint density at radius 3 is 2.50 bits per heavy atom. The molecule has 3 heterocycles. The summed E-state index contributed by atoms with van der Waals surface area (Å²) in [6.45, 7) is 3.49. The number of anilines is 2. The molecule has 1 aromatic carbocycles. The quantitative estimate of drug-likeness (QED) is 0.730. The summed E-state index contributed by atoms with van der Waals surface area (Å²) in [6, 6.07) is 9.14. The summed E-state index contributed by atoms with van der Waals surface area (Å²) < 4.78 is 1.93. The van der Waals surface area contributed by atoms with Crippen LogP contribution in [0, 0.1) is 12.8 Å². The number of aromatic nitrogens is 4.